The molecule has 0 spiro atoms. The summed E-state index contributed by atoms with van der Waals surface area (Å²) in [4.78, 5) is 28.9. The van der Waals surface area contributed by atoms with Gasteiger partial charge in [0.1, 0.15) is 23.0 Å². The van der Waals surface area contributed by atoms with Crippen LogP contribution in [0.25, 0.3) is 5.65 Å². The fraction of sp³-hybridized carbons (Fsp3) is 0.261. The number of aryl methyl sites for hydroxylation is 2. The summed E-state index contributed by atoms with van der Waals surface area (Å²) in [6, 6.07) is 9.09. The number of rotatable bonds is 7. The number of hydrogen-bond donors (Lipinski definition) is 2. The van der Waals surface area contributed by atoms with Gasteiger partial charge in [-0.1, -0.05) is 0 Å². The summed E-state index contributed by atoms with van der Waals surface area (Å²) in [6.07, 6.45) is 3.37. The normalized spacial score (nSPS) is 13.1. The van der Waals surface area contributed by atoms with E-state index in [2.05, 4.69) is 25.8 Å². The topological polar surface area (TPSA) is 115 Å². The van der Waals surface area contributed by atoms with Crippen LogP contribution in [0.2, 0.25) is 0 Å². The van der Waals surface area contributed by atoms with Crippen LogP contribution in [-0.2, 0) is 11.3 Å². The minimum absolute atomic E-state index is 0.0177. The Labute approximate surface area is 193 Å². The maximum absolute atomic E-state index is 14.4. The van der Waals surface area contributed by atoms with Crippen molar-refractivity contribution in [2.45, 2.75) is 33.2 Å². The fourth-order valence-electron chi connectivity index (χ4n) is 3.49. The van der Waals surface area contributed by atoms with Crippen molar-refractivity contribution in [1.82, 2.24) is 24.4 Å². The number of carbonyl (C=O) groups is 2. The van der Waals surface area contributed by atoms with Crippen LogP contribution in [0.1, 0.15) is 35.9 Å². The number of ether oxygens (including phenoxy) is 1. The molecule has 0 bridgehead atoms. The Balaban J connectivity index is 1.32. The number of nitrogens with one attached hydrogen (secondary N) is 2. The summed E-state index contributed by atoms with van der Waals surface area (Å²) < 4.78 is 23.3. The molecule has 34 heavy (non-hydrogen) atoms. The molecular weight excluding hydrogens is 441 g/mol. The molecule has 3 heterocycles. The molecule has 3 aromatic heterocycles. The van der Waals surface area contributed by atoms with E-state index in [-0.39, 0.29) is 23.5 Å². The van der Waals surface area contributed by atoms with Gasteiger partial charge in [0.2, 0.25) is 11.9 Å². The van der Waals surface area contributed by atoms with Gasteiger partial charge in [0.25, 0.3) is 5.91 Å². The Morgan fingerprint density at radius 2 is 1.91 bits per heavy atom. The number of fused-ring (bicyclic) bond motifs is 1. The van der Waals surface area contributed by atoms with E-state index < -0.39 is 11.7 Å². The molecule has 0 unspecified atom stereocenters. The molecule has 0 radical (unpaired) electrons. The first-order valence-corrected chi connectivity index (χ1v) is 10.9. The van der Waals surface area contributed by atoms with Gasteiger partial charge in [0, 0.05) is 18.5 Å². The van der Waals surface area contributed by atoms with Crippen molar-refractivity contribution in [3.8, 4) is 11.5 Å². The number of aromatic nitrogens is 5. The maximum Gasteiger partial charge on any atom is 0.274 e. The number of benzene rings is 1. The summed E-state index contributed by atoms with van der Waals surface area (Å²) in [7, 11) is 0. The minimum atomic E-state index is -0.595. The Hall–Kier alpha value is -4.28. The molecule has 4 aromatic rings. The first kappa shape index (κ1) is 21.6. The second-order valence-electron chi connectivity index (χ2n) is 8.05. The van der Waals surface area contributed by atoms with Crippen LogP contribution in [0.5, 0.6) is 11.5 Å². The van der Waals surface area contributed by atoms with Crippen LogP contribution in [0.15, 0.2) is 42.6 Å². The van der Waals surface area contributed by atoms with Gasteiger partial charge in [0.15, 0.2) is 5.65 Å². The average Bonchev–Trinajstić information content (AvgIpc) is 3.48. The predicted molar refractivity (Wildman–Crippen MR) is 121 cm³/mol. The average molecular weight is 463 g/mol. The van der Waals surface area contributed by atoms with Gasteiger partial charge < -0.3 is 10.1 Å². The summed E-state index contributed by atoms with van der Waals surface area (Å²) in [6.45, 7) is 4.17. The highest BCUT2D eigenvalue weighted by Gasteiger charge is 2.30. The van der Waals surface area contributed by atoms with E-state index in [1.165, 1.54) is 22.7 Å². The number of amides is 2. The highest BCUT2D eigenvalue weighted by Crippen LogP contribution is 2.30. The van der Waals surface area contributed by atoms with Gasteiger partial charge in [0.05, 0.1) is 17.6 Å². The lowest BCUT2D eigenvalue weighted by Gasteiger charge is -2.10. The van der Waals surface area contributed by atoms with E-state index in [9.17, 15) is 14.0 Å². The minimum Gasteiger partial charge on any atom is -0.456 e. The first-order chi connectivity index (χ1) is 16.4. The highest BCUT2D eigenvalue weighted by molar-refractivity contribution is 6.03. The molecule has 0 saturated heterocycles. The van der Waals surface area contributed by atoms with E-state index in [0.29, 0.717) is 35.1 Å². The number of pyridine rings is 1. The number of anilines is 2. The Kier molecular flexibility index (Phi) is 5.44. The van der Waals surface area contributed by atoms with Gasteiger partial charge >= 0.3 is 0 Å². The van der Waals surface area contributed by atoms with Crippen molar-refractivity contribution < 1.29 is 18.7 Å². The molecule has 2 N–H and O–H groups in total. The Morgan fingerprint density at radius 3 is 2.68 bits per heavy atom. The lowest BCUT2D eigenvalue weighted by atomic mass is 10.2. The van der Waals surface area contributed by atoms with Crippen molar-refractivity contribution in [3.05, 3.63) is 59.8 Å². The van der Waals surface area contributed by atoms with Crippen LogP contribution in [0.3, 0.4) is 0 Å². The quantitative estimate of drug-likeness (QED) is 0.431. The highest BCUT2D eigenvalue weighted by atomic mass is 19.1. The van der Waals surface area contributed by atoms with Crippen LogP contribution in [-0.4, -0.2) is 36.2 Å². The van der Waals surface area contributed by atoms with E-state index in [1.807, 2.05) is 6.92 Å². The third kappa shape index (κ3) is 4.45. The number of nitrogens with zero attached hydrogens (tertiary/aromatic N) is 5. The molecule has 1 aliphatic rings. The molecule has 2 amide bonds. The van der Waals surface area contributed by atoms with E-state index in [4.69, 9.17) is 4.74 Å². The van der Waals surface area contributed by atoms with Crippen LogP contribution >= 0.6 is 0 Å². The molecule has 174 valence electrons. The number of carbonyl (C=O) groups excluding carboxylic acids is 2. The molecular formula is C23H22FN7O3. The van der Waals surface area contributed by atoms with Crippen LogP contribution in [0.4, 0.5) is 16.0 Å². The molecule has 0 aliphatic heterocycles. The van der Waals surface area contributed by atoms with Gasteiger partial charge in [-0.3, -0.25) is 19.6 Å². The van der Waals surface area contributed by atoms with Crippen molar-refractivity contribution in [2.75, 3.05) is 10.6 Å². The molecule has 5 rings (SSSR count). The van der Waals surface area contributed by atoms with E-state index in [0.717, 1.165) is 12.8 Å². The predicted octanol–water partition coefficient (Wildman–Crippen LogP) is 3.79. The zero-order valence-electron chi connectivity index (χ0n) is 18.6. The van der Waals surface area contributed by atoms with Gasteiger partial charge in [-0.15, -0.1) is 5.10 Å². The molecule has 1 aromatic carbocycles. The number of halogens is 1. The smallest absolute Gasteiger partial charge is 0.274 e. The molecule has 1 fully saturated rings. The molecule has 10 nitrogen and oxygen atoms in total. The zero-order valence-corrected chi connectivity index (χ0v) is 18.6. The second-order valence-corrected chi connectivity index (χ2v) is 8.05. The summed E-state index contributed by atoms with van der Waals surface area (Å²) in [5.41, 5.74) is 1.56. The van der Waals surface area contributed by atoms with Crippen molar-refractivity contribution in [3.63, 3.8) is 0 Å². The van der Waals surface area contributed by atoms with Crippen LogP contribution in [0, 0.1) is 18.7 Å². The molecule has 1 saturated carbocycles. The van der Waals surface area contributed by atoms with E-state index >= 15 is 0 Å². The standard InChI is InChI=1S/C23H22FN7O3/c1-3-30-19(10-13(2)28-30)22(33)25-18-11-15(6-8-17(18)24)34-16-7-9-20-26-23(29-31(20)12-16)27-21(32)14-4-5-14/h6-12,14H,3-5H2,1-2H3,(H,25,33)(H,27,29,32). The first-order valence-electron chi connectivity index (χ1n) is 10.9. The fourth-order valence-corrected chi connectivity index (χ4v) is 3.49. The SMILES string of the molecule is CCn1nc(C)cc1C(=O)Nc1cc(Oc2ccc3nc(NC(=O)C4CC4)nn3c2)ccc1F. The molecule has 11 heteroatoms. The summed E-state index contributed by atoms with van der Waals surface area (Å²) in [5, 5.41) is 13.8. The van der Waals surface area contributed by atoms with Crippen molar-refractivity contribution in [1.29, 1.82) is 0 Å². The molecule has 1 aliphatic carbocycles. The lowest BCUT2D eigenvalue weighted by molar-refractivity contribution is -0.117. The Bertz CT molecular complexity index is 1410. The van der Waals surface area contributed by atoms with Gasteiger partial charge in [-0.2, -0.15) is 10.1 Å². The van der Waals surface area contributed by atoms with Crippen LogP contribution < -0.4 is 15.4 Å². The van der Waals surface area contributed by atoms with E-state index in [1.54, 1.807) is 36.0 Å². The van der Waals surface area contributed by atoms with Crippen molar-refractivity contribution >= 4 is 29.1 Å². The van der Waals surface area contributed by atoms with Crippen molar-refractivity contribution in [2.24, 2.45) is 5.92 Å². The van der Waals surface area contributed by atoms with Gasteiger partial charge in [-0.25, -0.2) is 8.91 Å². The lowest BCUT2D eigenvalue weighted by Crippen LogP contribution is -2.18. The number of hydrogen-bond acceptors (Lipinski definition) is 6. The Morgan fingerprint density at radius 1 is 1.12 bits per heavy atom. The third-order valence-corrected chi connectivity index (χ3v) is 5.34. The largest absolute Gasteiger partial charge is 0.456 e. The zero-order chi connectivity index (χ0) is 23.8. The van der Waals surface area contributed by atoms with Gasteiger partial charge in [-0.05, 0) is 57.0 Å². The second kappa shape index (κ2) is 8.58. The maximum atomic E-state index is 14.4. The third-order valence-electron chi connectivity index (χ3n) is 5.34. The molecule has 0 atom stereocenters. The monoisotopic (exact) mass is 463 g/mol. The summed E-state index contributed by atoms with van der Waals surface area (Å²) >= 11 is 0. The summed E-state index contributed by atoms with van der Waals surface area (Å²) in [5.74, 6) is -0.135.